The number of carboxylic acid groups (broad SMARTS) is 2. The Hall–Kier alpha value is 0.881. The molecule has 11 heavy (non-hydrogen) atoms. The van der Waals surface area contributed by atoms with Gasteiger partial charge < -0.3 is 15.0 Å². The van der Waals surface area contributed by atoms with Crippen LogP contribution < -0.4 is 24.2 Å². The molecule has 0 amide bonds. The van der Waals surface area contributed by atoms with E-state index in [-0.39, 0.29) is 44.8 Å². The predicted molar refractivity (Wildman–Crippen MR) is 7.61 cm³/mol. The van der Waals surface area contributed by atoms with E-state index in [1.54, 1.807) is 0 Å². The van der Waals surface area contributed by atoms with Crippen molar-refractivity contribution in [2.45, 2.75) is 0 Å². The molecule has 0 bridgehead atoms. The molecule has 0 aliphatic rings. The molecule has 0 aliphatic heterocycles. The van der Waals surface area contributed by atoms with Crippen LogP contribution in [0.5, 0.6) is 0 Å². The van der Waals surface area contributed by atoms with Gasteiger partial charge in [-0.3, -0.25) is 0 Å². The van der Waals surface area contributed by atoms with E-state index in [1.807, 2.05) is 0 Å². The molecule has 0 atom stereocenters. The Kier molecular flexibility index (Phi) is 22.4. The monoisotopic (exact) mass is 374 g/mol. The zero-order valence-electron chi connectivity index (χ0n) is 4.38. The summed E-state index contributed by atoms with van der Waals surface area (Å²) in [5.74, 6) is 0. The summed E-state index contributed by atoms with van der Waals surface area (Å²) in [7, 11) is -4.69. The van der Waals surface area contributed by atoms with Crippen LogP contribution in [-0.2, 0) is 44.8 Å². The third-order valence-electron chi connectivity index (χ3n) is 0. The van der Waals surface area contributed by atoms with Crippen LogP contribution in [0.25, 0.3) is 0 Å². The zero-order chi connectivity index (χ0) is 8.08. The zero-order valence-corrected chi connectivity index (χ0v) is 8.10. The van der Waals surface area contributed by atoms with Crippen molar-refractivity contribution in [2.24, 2.45) is 0 Å². The van der Waals surface area contributed by atoms with Gasteiger partial charge in [-0.1, -0.05) is 0 Å². The second-order valence-electron chi connectivity index (χ2n) is 0.646. The molecule has 7 nitrogen and oxygen atoms in total. The van der Waals surface area contributed by atoms with Crippen LogP contribution in [0.2, 0.25) is 0 Å². The first kappa shape index (κ1) is 22.6. The van der Waals surface area contributed by atoms with Gasteiger partial charge in [-0.05, 0) is 6.16 Å². The van der Waals surface area contributed by atoms with E-state index in [0.29, 0.717) is 0 Å². The minimum atomic E-state index is -4.69. The average molecular weight is 376 g/mol. The Morgan fingerprint density at radius 2 is 1.09 bits per heavy atom. The molecule has 1 N–H and O–H groups in total. The molecule has 0 saturated carbocycles. The molecule has 0 aromatic heterocycles. The first-order chi connectivity index (χ1) is 3.73. The average Bonchev–Trinajstić information content (AvgIpc) is 1.19. The number of halogens is 1. The molecular weight excluding hydrogens is 375 g/mol. The summed E-state index contributed by atoms with van der Waals surface area (Å²) in [5.41, 5.74) is 0. The Balaban J connectivity index is -0.0000000383. The van der Waals surface area contributed by atoms with Gasteiger partial charge in [-0.15, -0.1) is 0 Å². The van der Waals surface area contributed by atoms with E-state index >= 15 is 0 Å². The fourth-order valence-corrected chi connectivity index (χ4v) is 0. The summed E-state index contributed by atoms with van der Waals surface area (Å²) in [6.07, 6.45) is -2.33. The van der Waals surface area contributed by atoms with E-state index in [2.05, 4.69) is 0 Å². The first-order valence-corrected chi connectivity index (χ1v) is 2.51. The van der Waals surface area contributed by atoms with Gasteiger partial charge in [0.05, 0.1) is 14.9 Å². The molecule has 0 heterocycles. The van der Waals surface area contributed by atoms with E-state index in [9.17, 15) is 0 Å². The van der Waals surface area contributed by atoms with Crippen LogP contribution in [0, 0.1) is 10.2 Å². The second-order valence-corrected chi connectivity index (χ2v) is 1.44. The SMILES string of the molecule is O=C([O-])[O-].[Ag+].[Ag+].[O-][Cl+3]([O-])([O-])O. The van der Waals surface area contributed by atoms with Crippen molar-refractivity contribution in [1.82, 2.24) is 0 Å². The van der Waals surface area contributed by atoms with E-state index in [0.717, 1.165) is 0 Å². The van der Waals surface area contributed by atoms with Crippen LogP contribution in [0.15, 0.2) is 0 Å². The van der Waals surface area contributed by atoms with Crippen molar-refractivity contribution in [3.63, 3.8) is 0 Å². The van der Waals surface area contributed by atoms with Gasteiger partial charge in [0, 0.05) is 0 Å². The molecular formula is CHAg2ClO7. The number of carbonyl (C=O) groups is 1. The molecule has 0 aromatic rings. The maximum absolute atomic E-state index is 8.60. The fourth-order valence-electron chi connectivity index (χ4n) is 0. The van der Waals surface area contributed by atoms with E-state index in [4.69, 9.17) is 33.6 Å². The summed E-state index contributed by atoms with van der Waals surface area (Å²) in [5, 5.41) is 16.7. The topological polar surface area (TPSA) is 153 Å². The molecule has 76 valence electrons. The summed E-state index contributed by atoms with van der Waals surface area (Å²) in [6.45, 7) is 0. The van der Waals surface area contributed by atoms with Crippen molar-refractivity contribution in [2.75, 3.05) is 0 Å². The third kappa shape index (κ3) is 1110. The third-order valence-corrected chi connectivity index (χ3v) is 0. The van der Waals surface area contributed by atoms with Gasteiger partial charge in [0.15, 0.2) is 0 Å². The summed E-state index contributed by atoms with van der Waals surface area (Å²) in [6, 6.07) is 0. The number of hydrogen-bond acceptors (Lipinski definition) is 7. The summed E-state index contributed by atoms with van der Waals surface area (Å²) in [4.78, 5) is 8.33. The van der Waals surface area contributed by atoms with Crippen LogP contribution >= 0.6 is 0 Å². The van der Waals surface area contributed by atoms with Crippen LogP contribution in [0.4, 0.5) is 4.79 Å². The van der Waals surface area contributed by atoms with Gasteiger partial charge in [0.25, 0.3) is 0 Å². The number of rotatable bonds is 0. The van der Waals surface area contributed by atoms with Crippen molar-refractivity contribution in [3.05, 3.63) is 0 Å². The van der Waals surface area contributed by atoms with Gasteiger partial charge in [-0.2, -0.15) is 14.0 Å². The smallest absolute Gasteiger partial charge is 0.652 e. The molecule has 0 aliphatic carbocycles. The van der Waals surface area contributed by atoms with Gasteiger partial charge in [0.1, 0.15) is 0 Å². The van der Waals surface area contributed by atoms with Crippen LogP contribution in [0.1, 0.15) is 0 Å². The van der Waals surface area contributed by atoms with Crippen LogP contribution in [-0.4, -0.2) is 10.8 Å². The molecule has 0 radical (unpaired) electrons. The Bertz CT molecular complexity index is 78.9. The quantitative estimate of drug-likeness (QED) is 0.413. The van der Waals surface area contributed by atoms with Crippen molar-refractivity contribution in [3.8, 4) is 0 Å². The van der Waals surface area contributed by atoms with Crippen molar-refractivity contribution in [1.29, 1.82) is 0 Å². The standard InChI is InChI=1S/CH2O3.2Ag.ClHO4/c2-1(3)4;;;2-1(3,4)5/h(H2,2,3,4);;;(H,2,3,4,5)/q;2*+1;/p-2. The first-order valence-electron chi connectivity index (χ1n) is 1.24. The predicted octanol–water partition coefficient (Wildman–Crippen LogP) is -6.58. The Morgan fingerprint density at radius 3 is 1.09 bits per heavy atom. The normalized spacial score (nSPS) is 7.64. The summed E-state index contributed by atoms with van der Waals surface area (Å²) >= 11 is 0. The molecule has 0 spiro atoms. The maximum Gasteiger partial charge on any atom is 1.00 e. The van der Waals surface area contributed by atoms with E-state index < -0.39 is 16.4 Å². The van der Waals surface area contributed by atoms with Gasteiger partial charge in [-0.25, -0.2) is 0 Å². The molecule has 0 fully saturated rings. The van der Waals surface area contributed by atoms with Gasteiger partial charge >= 0.3 is 44.8 Å². The molecule has 0 aromatic carbocycles. The maximum atomic E-state index is 8.60. The molecule has 0 unspecified atom stereocenters. The molecule has 0 rings (SSSR count). The fraction of sp³-hybridized carbons (Fsp3) is 0. The largest absolute Gasteiger partial charge is 1.00 e. The summed E-state index contributed by atoms with van der Waals surface area (Å²) < 4.78 is 32.7. The number of carbonyl (C=O) groups excluding carboxylic acids is 1. The second kappa shape index (κ2) is 10.9. The molecule has 10 heteroatoms. The minimum Gasteiger partial charge on any atom is -0.652 e. The minimum absolute atomic E-state index is 0. The van der Waals surface area contributed by atoms with E-state index in [1.165, 1.54) is 0 Å². The van der Waals surface area contributed by atoms with Crippen LogP contribution in [0.3, 0.4) is 0 Å². The Labute approximate surface area is 94.4 Å². The Morgan fingerprint density at radius 1 is 1.09 bits per heavy atom. The number of hydrogen-bond donors (Lipinski definition) is 1. The van der Waals surface area contributed by atoms with Gasteiger partial charge in [0.2, 0.25) is 0 Å². The van der Waals surface area contributed by atoms with Crippen molar-refractivity contribution >= 4 is 6.16 Å². The molecule has 0 saturated heterocycles. The van der Waals surface area contributed by atoms with Crippen molar-refractivity contribution < 1.29 is 88.6 Å².